The first kappa shape index (κ1) is 22.0. The van der Waals surface area contributed by atoms with E-state index in [-0.39, 0.29) is 28.7 Å². The van der Waals surface area contributed by atoms with Gasteiger partial charge in [0, 0.05) is 30.9 Å². The minimum Gasteiger partial charge on any atom is -0.506 e. The van der Waals surface area contributed by atoms with Gasteiger partial charge in [-0.15, -0.1) is 0 Å². The summed E-state index contributed by atoms with van der Waals surface area (Å²) < 4.78 is 14.4. The van der Waals surface area contributed by atoms with Crippen molar-refractivity contribution in [3.8, 4) is 5.75 Å². The Bertz CT molecular complexity index is 1180. The number of benzene rings is 2. The molecule has 8 heteroatoms. The number of aromatic nitrogens is 1. The van der Waals surface area contributed by atoms with Crippen molar-refractivity contribution in [1.29, 1.82) is 0 Å². The van der Waals surface area contributed by atoms with Crippen molar-refractivity contribution in [2.24, 2.45) is 0 Å². The van der Waals surface area contributed by atoms with Crippen LogP contribution in [-0.2, 0) is 13.0 Å². The van der Waals surface area contributed by atoms with Gasteiger partial charge in [0.25, 0.3) is 0 Å². The van der Waals surface area contributed by atoms with Crippen molar-refractivity contribution < 1.29 is 14.3 Å². The largest absolute Gasteiger partial charge is 0.506 e. The van der Waals surface area contributed by atoms with Crippen LogP contribution in [0.2, 0.25) is 5.02 Å². The van der Waals surface area contributed by atoms with E-state index in [1.54, 1.807) is 6.07 Å². The van der Waals surface area contributed by atoms with Gasteiger partial charge in [-0.2, -0.15) is 0 Å². The Hall–Kier alpha value is -3.16. The van der Waals surface area contributed by atoms with Gasteiger partial charge in [0.1, 0.15) is 17.4 Å². The van der Waals surface area contributed by atoms with Crippen LogP contribution in [0.5, 0.6) is 5.75 Å². The number of anilines is 4. The molecular formula is C24H24ClFN4O2. The van der Waals surface area contributed by atoms with Crippen molar-refractivity contribution in [3.05, 3.63) is 70.1 Å². The van der Waals surface area contributed by atoms with Gasteiger partial charge in [0.05, 0.1) is 22.0 Å². The van der Waals surface area contributed by atoms with Crippen LogP contribution in [-0.4, -0.2) is 33.9 Å². The molecule has 3 aromatic rings. The Morgan fingerprint density at radius 3 is 2.72 bits per heavy atom. The van der Waals surface area contributed by atoms with Crippen molar-refractivity contribution in [1.82, 2.24) is 9.88 Å². The summed E-state index contributed by atoms with van der Waals surface area (Å²) in [7, 11) is 0. The summed E-state index contributed by atoms with van der Waals surface area (Å²) in [6, 6.07) is 9.88. The smallest absolute Gasteiger partial charge is 0.173 e. The average molecular weight is 455 g/mol. The average Bonchev–Trinajstić information content (AvgIpc) is 2.91. The highest BCUT2D eigenvalue weighted by atomic mass is 35.5. The van der Waals surface area contributed by atoms with Gasteiger partial charge in [0.15, 0.2) is 5.78 Å². The summed E-state index contributed by atoms with van der Waals surface area (Å²) >= 11 is 5.77. The number of ketones is 1. The Morgan fingerprint density at radius 2 is 1.97 bits per heavy atom. The van der Waals surface area contributed by atoms with Crippen LogP contribution in [0.25, 0.3) is 0 Å². The lowest BCUT2D eigenvalue weighted by Crippen LogP contribution is -2.22. The van der Waals surface area contributed by atoms with Crippen molar-refractivity contribution in [3.63, 3.8) is 0 Å². The van der Waals surface area contributed by atoms with Crippen LogP contribution in [0.1, 0.15) is 35.3 Å². The third-order valence-corrected chi connectivity index (χ3v) is 5.91. The zero-order valence-corrected chi connectivity index (χ0v) is 18.6. The second-order valence-electron chi connectivity index (χ2n) is 7.67. The monoisotopic (exact) mass is 454 g/mol. The molecule has 2 heterocycles. The molecule has 0 spiro atoms. The summed E-state index contributed by atoms with van der Waals surface area (Å²) in [6.45, 7) is 6.96. The van der Waals surface area contributed by atoms with E-state index >= 15 is 0 Å². The van der Waals surface area contributed by atoms with Gasteiger partial charge >= 0.3 is 0 Å². The van der Waals surface area contributed by atoms with Crippen LogP contribution in [0.15, 0.2) is 42.6 Å². The Balaban J connectivity index is 1.67. The van der Waals surface area contributed by atoms with E-state index in [1.165, 1.54) is 12.3 Å². The first-order chi connectivity index (χ1) is 15.4. The maximum Gasteiger partial charge on any atom is 0.173 e. The van der Waals surface area contributed by atoms with Crippen LogP contribution in [0, 0.1) is 5.82 Å². The fraction of sp³-hybridized carbons (Fsp3) is 0.250. The lowest BCUT2D eigenvalue weighted by atomic mass is 10.0. The molecule has 0 radical (unpaired) electrons. The maximum absolute atomic E-state index is 14.4. The minimum atomic E-state index is -0.642. The van der Waals surface area contributed by atoms with Crippen LogP contribution in [0.4, 0.5) is 27.3 Å². The molecule has 0 aliphatic carbocycles. The van der Waals surface area contributed by atoms with Gasteiger partial charge in [-0.05, 0) is 42.4 Å². The Kier molecular flexibility index (Phi) is 6.30. The molecule has 0 unspecified atom stereocenters. The number of nitrogens with one attached hydrogen (secondary N) is 2. The first-order valence-corrected chi connectivity index (χ1v) is 10.9. The number of hydrogen-bond donors (Lipinski definition) is 3. The number of phenols is 1. The second kappa shape index (κ2) is 9.14. The van der Waals surface area contributed by atoms with Gasteiger partial charge < -0.3 is 15.7 Å². The molecule has 0 atom stereocenters. The zero-order chi connectivity index (χ0) is 22.8. The summed E-state index contributed by atoms with van der Waals surface area (Å²) in [5.41, 5.74) is 3.58. The van der Waals surface area contributed by atoms with Gasteiger partial charge in [-0.1, -0.05) is 37.6 Å². The Labute approximate surface area is 191 Å². The minimum absolute atomic E-state index is 0.0105. The fourth-order valence-electron chi connectivity index (χ4n) is 3.83. The predicted octanol–water partition coefficient (Wildman–Crippen LogP) is 5.65. The number of hydrogen-bond acceptors (Lipinski definition) is 6. The molecule has 1 aliphatic rings. The van der Waals surface area contributed by atoms with Crippen molar-refractivity contribution in [2.45, 2.75) is 26.8 Å². The van der Waals surface area contributed by atoms with E-state index in [0.29, 0.717) is 17.1 Å². The molecule has 4 rings (SSSR count). The van der Waals surface area contributed by atoms with Crippen LogP contribution in [0.3, 0.4) is 0 Å². The number of nitrogens with zero attached hydrogens (tertiary/aromatic N) is 2. The zero-order valence-electron chi connectivity index (χ0n) is 17.9. The standard InChI is InChI=1S/C24H24ClFN4O2/c1-3-30(4-2)13-14-5-6-18-15(9-14)10-22(32)23-19(7-8-27-24(23)29-18)28-20-12-21(31)16(25)11-17(20)26/h5-9,11-12,31H,3-4,10,13H2,1-2H3,(H2,27,28,29). The van der Waals surface area contributed by atoms with Crippen molar-refractivity contribution >= 4 is 40.3 Å². The van der Waals surface area contributed by atoms with E-state index in [9.17, 15) is 14.3 Å². The third-order valence-electron chi connectivity index (χ3n) is 5.61. The highest BCUT2D eigenvalue weighted by Crippen LogP contribution is 2.36. The molecule has 1 aliphatic heterocycles. The number of Topliss-reactive ketones (excluding diaryl/α,β-unsaturated/α-hetero) is 1. The molecule has 6 nitrogen and oxygen atoms in total. The van der Waals surface area contributed by atoms with Crippen LogP contribution >= 0.6 is 11.6 Å². The SMILES string of the molecule is CCN(CC)Cc1ccc2c(c1)CC(=O)c1c(Nc3cc(O)c(Cl)cc3F)ccnc1N2. The lowest BCUT2D eigenvalue weighted by molar-refractivity contribution is 0.0995. The van der Waals surface area contributed by atoms with Gasteiger partial charge in [-0.3, -0.25) is 9.69 Å². The number of carbonyl (C=O) groups is 1. The second-order valence-corrected chi connectivity index (χ2v) is 8.08. The van der Waals surface area contributed by atoms with Crippen molar-refractivity contribution in [2.75, 3.05) is 23.7 Å². The summed E-state index contributed by atoms with van der Waals surface area (Å²) in [5.74, 6) is -0.640. The highest BCUT2D eigenvalue weighted by molar-refractivity contribution is 6.32. The summed E-state index contributed by atoms with van der Waals surface area (Å²) in [5, 5.41) is 15.9. The quantitative estimate of drug-likeness (QED) is 0.447. The van der Waals surface area contributed by atoms with E-state index in [4.69, 9.17) is 11.6 Å². The number of phenolic OH excluding ortho intramolecular Hbond substituents is 1. The lowest BCUT2D eigenvalue weighted by Gasteiger charge is -2.19. The number of rotatable bonds is 6. The molecule has 0 fully saturated rings. The van der Waals surface area contributed by atoms with E-state index in [2.05, 4.69) is 40.4 Å². The molecule has 1 aromatic heterocycles. The highest BCUT2D eigenvalue weighted by Gasteiger charge is 2.24. The molecule has 0 saturated heterocycles. The molecule has 0 saturated carbocycles. The fourth-order valence-corrected chi connectivity index (χ4v) is 3.98. The molecular weight excluding hydrogens is 431 g/mol. The van der Waals surface area contributed by atoms with Gasteiger partial charge in [-0.25, -0.2) is 9.37 Å². The molecule has 2 aromatic carbocycles. The maximum atomic E-state index is 14.4. The van der Waals surface area contributed by atoms with Crippen LogP contribution < -0.4 is 10.6 Å². The number of aromatic hydroxyl groups is 1. The number of pyridine rings is 1. The van der Waals surface area contributed by atoms with E-state index < -0.39 is 5.82 Å². The van der Waals surface area contributed by atoms with E-state index in [1.807, 2.05) is 12.1 Å². The topological polar surface area (TPSA) is 77.5 Å². The molecule has 32 heavy (non-hydrogen) atoms. The predicted molar refractivity (Wildman–Crippen MR) is 125 cm³/mol. The third kappa shape index (κ3) is 4.40. The molecule has 166 valence electrons. The normalized spacial score (nSPS) is 12.7. The molecule has 0 amide bonds. The number of fused-ring (bicyclic) bond motifs is 2. The summed E-state index contributed by atoms with van der Waals surface area (Å²) in [6.07, 6.45) is 1.73. The first-order valence-electron chi connectivity index (χ1n) is 10.5. The van der Waals surface area contributed by atoms with Gasteiger partial charge in [0.2, 0.25) is 0 Å². The number of carbonyl (C=O) groups excluding carboxylic acids is 1. The molecule has 3 N–H and O–H groups in total. The molecule has 0 bridgehead atoms. The number of halogens is 2. The summed E-state index contributed by atoms with van der Waals surface area (Å²) in [4.78, 5) is 19.9. The Morgan fingerprint density at radius 1 is 1.19 bits per heavy atom. The van der Waals surface area contributed by atoms with E-state index in [0.717, 1.165) is 42.5 Å².